The number of ether oxygens (including phenoxy) is 1. The fourth-order valence-electron chi connectivity index (χ4n) is 3.57. The van der Waals surface area contributed by atoms with E-state index >= 15 is 0 Å². The molecule has 1 heterocycles. The molecule has 2 fully saturated rings. The Morgan fingerprint density at radius 2 is 1.96 bits per heavy atom. The Hall–Kier alpha value is -2.12. The topological polar surface area (TPSA) is 105 Å². The predicted octanol–water partition coefficient (Wildman–Crippen LogP) is 1.19. The predicted molar refractivity (Wildman–Crippen MR) is 94.0 cm³/mol. The van der Waals surface area contributed by atoms with Crippen molar-refractivity contribution in [3.05, 3.63) is 0 Å². The van der Waals surface area contributed by atoms with E-state index in [1.807, 2.05) is 13.8 Å². The maximum atomic E-state index is 12.8. The van der Waals surface area contributed by atoms with Gasteiger partial charge in [-0.1, -0.05) is 27.2 Å². The summed E-state index contributed by atoms with van der Waals surface area (Å²) in [5, 5.41) is 5.38. The number of nitrogens with zero attached hydrogens (tertiary/aromatic N) is 1. The van der Waals surface area contributed by atoms with Gasteiger partial charge in [0.2, 0.25) is 5.91 Å². The molecule has 146 valence electrons. The summed E-state index contributed by atoms with van der Waals surface area (Å²) in [5.74, 6) is -1.03. The molecule has 8 heteroatoms. The van der Waals surface area contributed by atoms with Crippen molar-refractivity contribution in [2.45, 2.75) is 64.5 Å². The van der Waals surface area contributed by atoms with Crippen LogP contribution in [0, 0.1) is 11.8 Å². The third kappa shape index (κ3) is 3.99. The number of urea groups is 1. The van der Waals surface area contributed by atoms with E-state index in [1.54, 1.807) is 0 Å². The molecule has 2 aliphatic rings. The monoisotopic (exact) mass is 367 g/mol. The van der Waals surface area contributed by atoms with Crippen LogP contribution in [0.5, 0.6) is 0 Å². The molecule has 0 aromatic rings. The first-order chi connectivity index (χ1) is 12.2. The number of carbonyl (C=O) groups excluding carboxylic acids is 4. The maximum Gasteiger partial charge on any atom is 0.328 e. The van der Waals surface area contributed by atoms with Crippen molar-refractivity contribution < 1.29 is 23.9 Å². The van der Waals surface area contributed by atoms with Crippen LogP contribution in [0.1, 0.15) is 52.9 Å². The molecule has 2 atom stereocenters. The number of carbonyl (C=O) groups is 4. The number of nitrogens with one attached hydrogen (secondary N) is 2. The van der Waals surface area contributed by atoms with Crippen LogP contribution in [0.2, 0.25) is 0 Å². The third-order valence-corrected chi connectivity index (χ3v) is 5.66. The average Bonchev–Trinajstić information content (AvgIpc) is 2.85. The maximum absolute atomic E-state index is 12.8. The fraction of sp³-hybridized carbons (Fsp3) is 0.778. The van der Waals surface area contributed by atoms with Gasteiger partial charge in [-0.25, -0.2) is 9.59 Å². The Morgan fingerprint density at radius 1 is 1.35 bits per heavy atom. The van der Waals surface area contributed by atoms with Crippen LogP contribution in [0.3, 0.4) is 0 Å². The highest BCUT2D eigenvalue weighted by molar-refractivity contribution is 6.09. The van der Waals surface area contributed by atoms with Crippen molar-refractivity contribution >= 4 is 23.8 Å². The highest BCUT2D eigenvalue weighted by atomic mass is 16.5. The Morgan fingerprint density at radius 3 is 2.50 bits per heavy atom. The van der Waals surface area contributed by atoms with E-state index in [4.69, 9.17) is 4.74 Å². The number of amides is 4. The minimum Gasteiger partial charge on any atom is -0.467 e. The summed E-state index contributed by atoms with van der Waals surface area (Å²) in [7, 11) is 1.26. The summed E-state index contributed by atoms with van der Waals surface area (Å²) in [6.07, 6.45) is 3.59. The van der Waals surface area contributed by atoms with E-state index in [2.05, 4.69) is 17.6 Å². The number of hydrogen-bond donors (Lipinski definition) is 2. The number of rotatable bonds is 6. The minimum atomic E-state index is -0.873. The molecule has 26 heavy (non-hydrogen) atoms. The summed E-state index contributed by atoms with van der Waals surface area (Å²) in [4.78, 5) is 50.3. The van der Waals surface area contributed by atoms with Gasteiger partial charge in [0.1, 0.15) is 18.1 Å². The van der Waals surface area contributed by atoms with Gasteiger partial charge in [0.05, 0.1) is 7.11 Å². The standard InChI is InChI=1S/C18H29N3O5/c1-5-12(3)14(15(23)26-4)19-13(22)10-21-16(24)18(20-17(21)25)8-6-11(2)7-9-18/h11-12,14H,5-10H2,1-4H3,(H,19,22)(H,20,25)/t11?,12-,14+,18?/m0/s1. The first-order valence-corrected chi connectivity index (χ1v) is 9.25. The lowest BCUT2D eigenvalue weighted by molar-refractivity contribution is -0.146. The zero-order chi connectivity index (χ0) is 19.5. The van der Waals surface area contributed by atoms with E-state index in [9.17, 15) is 19.2 Å². The summed E-state index contributed by atoms with van der Waals surface area (Å²) in [6.45, 7) is 5.46. The third-order valence-electron chi connectivity index (χ3n) is 5.66. The zero-order valence-electron chi connectivity index (χ0n) is 16.0. The van der Waals surface area contributed by atoms with Crippen LogP contribution < -0.4 is 10.6 Å². The molecular weight excluding hydrogens is 338 g/mol. The Kier molecular flexibility index (Phi) is 6.26. The molecule has 1 aliphatic heterocycles. The molecular formula is C18H29N3O5. The normalized spacial score (nSPS) is 27.8. The molecule has 1 saturated heterocycles. The minimum absolute atomic E-state index is 0.124. The first-order valence-electron chi connectivity index (χ1n) is 9.25. The number of imide groups is 1. The molecule has 0 aromatic carbocycles. The Labute approximate surface area is 154 Å². The van der Waals surface area contributed by atoms with Gasteiger partial charge in [-0.05, 0) is 37.5 Å². The molecule has 0 aromatic heterocycles. The molecule has 8 nitrogen and oxygen atoms in total. The van der Waals surface area contributed by atoms with Crippen molar-refractivity contribution in [2.24, 2.45) is 11.8 Å². The van der Waals surface area contributed by atoms with Crippen molar-refractivity contribution in [3.8, 4) is 0 Å². The quantitative estimate of drug-likeness (QED) is 0.542. The van der Waals surface area contributed by atoms with Crippen LogP contribution in [0.25, 0.3) is 0 Å². The van der Waals surface area contributed by atoms with Crippen LogP contribution in [-0.4, -0.2) is 54.0 Å². The lowest BCUT2D eigenvalue weighted by atomic mass is 9.77. The second-order valence-electron chi connectivity index (χ2n) is 7.54. The van der Waals surface area contributed by atoms with Gasteiger partial charge in [0, 0.05) is 0 Å². The molecule has 0 unspecified atom stereocenters. The second-order valence-corrected chi connectivity index (χ2v) is 7.54. The summed E-state index contributed by atoms with van der Waals surface area (Å²) >= 11 is 0. The smallest absolute Gasteiger partial charge is 0.328 e. The van der Waals surface area contributed by atoms with Crippen molar-refractivity contribution in [1.29, 1.82) is 0 Å². The lowest BCUT2D eigenvalue weighted by Crippen LogP contribution is -2.51. The first kappa shape index (κ1) is 20.2. The molecule has 4 amide bonds. The van der Waals surface area contributed by atoms with Gasteiger partial charge >= 0.3 is 12.0 Å². The van der Waals surface area contributed by atoms with Crippen LogP contribution in [0.15, 0.2) is 0 Å². The summed E-state index contributed by atoms with van der Waals surface area (Å²) in [6, 6.07) is -1.35. The van der Waals surface area contributed by atoms with Gasteiger partial charge in [-0.2, -0.15) is 0 Å². The molecule has 1 saturated carbocycles. The highest BCUT2D eigenvalue weighted by Gasteiger charge is 2.52. The average molecular weight is 367 g/mol. The van der Waals surface area contributed by atoms with Crippen molar-refractivity contribution in [1.82, 2.24) is 15.5 Å². The number of esters is 1. The van der Waals surface area contributed by atoms with E-state index in [0.29, 0.717) is 25.2 Å². The molecule has 0 radical (unpaired) electrons. The highest BCUT2D eigenvalue weighted by Crippen LogP contribution is 2.36. The van der Waals surface area contributed by atoms with Gasteiger partial charge < -0.3 is 15.4 Å². The molecule has 1 aliphatic carbocycles. The van der Waals surface area contributed by atoms with Crippen LogP contribution in [0.4, 0.5) is 4.79 Å². The number of hydrogen-bond acceptors (Lipinski definition) is 5. The molecule has 2 rings (SSSR count). The van der Waals surface area contributed by atoms with Gasteiger partial charge in [-0.15, -0.1) is 0 Å². The van der Waals surface area contributed by atoms with Crippen molar-refractivity contribution in [2.75, 3.05) is 13.7 Å². The van der Waals surface area contributed by atoms with E-state index in [0.717, 1.165) is 17.7 Å². The Balaban J connectivity index is 2.03. The largest absolute Gasteiger partial charge is 0.467 e. The van der Waals surface area contributed by atoms with Gasteiger partial charge in [-0.3, -0.25) is 14.5 Å². The molecule has 1 spiro atoms. The number of methoxy groups -OCH3 is 1. The summed E-state index contributed by atoms with van der Waals surface area (Å²) < 4.78 is 4.74. The van der Waals surface area contributed by atoms with E-state index in [1.165, 1.54) is 7.11 Å². The fourth-order valence-corrected chi connectivity index (χ4v) is 3.57. The van der Waals surface area contributed by atoms with Crippen LogP contribution in [-0.2, 0) is 19.1 Å². The summed E-state index contributed by atoms with van der Waals surface area (Å²) in [5.41, 5.74) is -0.873. The SMILES string of the molecule is CC[C@H](C)[C@@H](NC(=O)CN1C(=O)NC2(CCC(C)CC2)C1=O)C(=O)OC. The lowest BCUT2D eigenvalue weighted by Gasteiger charge is -2.33. The van der Waals surface area contributed by atoms with Crippen molar-refractivity contribution in [3.63, 3.8) is 0 Å². The van der Waals surface area contributed by atoms with Crippen LogP contribution >= 0.6 is 0 Å². The second kappa shape index (κ2) is 8.05. The Bertz CT molecular complexity index is 583. The van der Waals surface area contributed by atoms with E-state index < -0.39 is 36.0 Å². The van der Waals surface area contributed by atoms with Gasteiger partial charge in [0.25, 0.3) is 5.91 Å². The van der Waals surface area contributed by atoms with E-state index in [-0.39, 0.29) is 11.8 Å². The zero-order valence-corrected chi connectivity index (χ0v) is 16.0. The molecule has 0 bridgehead atoms. The molecule has 2 N–H and O–H groups in total. The van der Waals surface area contributed by atoms with Gasteiger partial charge in [0.15, 0.2) is 0 Å².